The molecule has 2 rings (SSSR count). The lowest BCUT2D eigenvalue weighted by atomic mass is 9.91. The molecule has 2 nitrogen and oxygen atoms in total. The molecule has 0 saturated carbocycles. The second-order valence-corrected chi connectivity index (χ2v) is 4.67. The minimum absolute atomic E-state index is 0.0531. The topological polar surface area (TPSA) is 30.2 Å². The highest BCUT2D eigenvalue weighted by atomic mass is 16.3. The Morgan fingerprint density at radius 1 is 1.20 bits per heavy atom. The van der Waals surface area contributed by atoms with Crippen LogP contribution in [0.3, 0.4) is 0 Å². The van der Waals surface area contributed by atoms with Crippen molar-refractivity contribution < 1.29 is 9.21 Å². The van der Waals surface area contributed by atoms with E-state index in [4.69, 9.17) is 4.42 Å². The number of Topliss-reactive ketones (excluding diaryl/α,β-unsaturated/α-hetero) is 1. The smallest absolute Gasteiger partial charge is 0.189 e. The molecule has 0 aliphatic carbocycles. The van der Waals surface area contributed by atoms with Gasteiger partial charge in [0.1, 0.15) is 0 Å². The van der Waals surface area contributed by atoms with Gasteiger partial charge >= 0.3 is 0 Å². The number of allylic oxidation sites excluding steroid dienone is 3. The van der Waals surface area contributed by atoms with E-state index in [9.17, 15) is 4.79 Å². The lowest BCUT2D eigenvalue weighted by Gasteiger charge is -2.11. The first-order valence-electron chi connectivity index (χ1n) is 6.68. The largest absolute Gasteiger partial charge is 0.472 e. The van der Waals surface area contributed by atoms with Gasteiger partial charge in [0.2, 0.25) is 0 Å². The number of ketones is 1. The maximum atomic E-state index is 12.7. The fourth-order valence-electron chi connectivity index (χ4n) is 2.09. The van der Waals surface area contributed by atoms with E-state index in [1.807, 2.05) is 68.5 Å². The summed E-state index contributed by atoms with van der Waals surface area (Å²) in [5, 5.41) is 0. The molecule has 1 aromatic heterocycles. The van der Waals surface area contributed by atoms with E-state index < -0.39 is 0 Å². The second kappa shape index (κ2) is 6.71. The number of rotatable bonds is 5. The van der Waals surface area contributed by atoms with Gasteiger partial charge in [-0.15, -0.1) is 0 Å². The predicted octanol–water partition coefficient (Wildman–Crippen LogP) is 4.76. The quantitative estimate of drug-likeness (QED) is 0.444. The number of hydrogen-bond donors (Lipinski definition) is 0. The van der Waals surface area contributed by atoms with Crippen LogP contribution >= 0.6 is 0 Å². The molecule has 0 fully saturated rings. The molecule has 0 amide bonds. The number of carbonyl (C=O) groups excluding carboxylic acids is 1. The average molecular weight is 266 g/mol. The SMILES string of the molecule is CC=CC(C)C(=Cc1ccoc1)C(=O)c1ccccc1. The third-order valence-electron chi connectivity index (χ3n) is 3.14. The highest BCUT2D eigenvalue weighted by Gasteiger charge is 2.16. The van der Waals surface area contributed by atoms with E-state index in [-0.39, 0.29) is 11.7 Å². The molecule has 1 atom stereocenters. The van der Waals surface area contributed by atoms with Crippen molar-refractivity contribution in [2.75, 3.05) is 0 Å². The van der Waals surface area contributed by atoms with E-state index in [2.05, 4.69) is 0 Å². The van der Waals surface area contributed by atoms with E-state index in [0.29, 0.717) is 5.56 Å². The van der Waals surface area contributed by atoms with Crippen LogP contribution < -0.4 is 0 Å². The van der Waals surface area contributed by atoms with E-state index in [1.165, 1.54) is 0 Å². The zero-order chi connectivity index (χ0) is 14.4. The minimum Gasteiger partial charge on any atom is -0.472 e. The van der Waals surface area contributed by atoms with Gasteiger partial charge in [0.15, 0.2) is 5.78 Å². The van der Waals surface area contributed by atoms with Gasteiger partial charge in [-0.1, -0.05) is 49.4 Å². The zero-order valence-electron chi connectivity index (χ0n) is 11.7. The van der Waals surface area contributed by atoms with Gasteiger partial charge in [-0.2, -0.15) is 0 Å². The van der Waals surface area contributed by atoms with Crippen LogP contribution in [0.4, 0.5) is 0 Å². The van der Waals surface area contributed by atoms with Crippen LogP contribution in [0.5, 0.6) is 0 Å². The molecule has 0 aliphatic heterocycles. The predicted molar refractivity (Wildman–Crippen MR) is 81.4 cm³/mol. The Kier molecular flexibility index (Phi) is 4.72. The molecule has 0 radical (unpaired) electrons. The van der Waals surface area contributed by atoms with Gasteiger partial charge in [-0.25, -0.2) is 0 Å². The van der Waals surface area contributed by atoms with Gasteiger partial charge < -0.3 is 4.42 Å². The molecule has 1 unspecified atom stereocenters. The third-order valence-corrected chi connectivity index (χ3v) is 3.14. The van der Waals surface area contributed by atoms with Crippen molar-refractivity contribution in [2.45, 2.75) is 13.8 Å². The van der Waals surface area contributed by atoms with Crippen LogP contribution in [0.1, 0.15) is 29.8 Å². The first kappa shape index (κ1) is 14.1. The molecule has 0 saturated heterocycles. The van der Waals surface area contributed by atoms with Crippen molar-refractivity contribution in [3.8, 4) is 0 Å². The number of benzene rings is 1. The monoisotopic (exact) mass is 266 g/mol. The van der Waals surface area contributed by atoms with Gasteiger partial charge in [0, 0.05) is 22.6 Å². The zero-order valence-corrected chi connectivity index (χ0v) is 11.7. The Morgan fingerprint density at radius 3 is 2.55 bits per heavy atom. The molecular formula is C18H18O2. The summed E-state index contributed by atoms with van der Waals surface area (Å²) in [6.07, 6.45) is 9.12. The number of hydrogen-bond acceptors (Lipinski definition) is 2. The summed E-state index contributed by atoms with van der Waals surface area (Å²) in [5.41, 5.74) is 2.37. The fourth-order valence-corrected chi connectivity index (χ4v) is 2.09. The molecule has 1 heterocycles. The Morgan fingerprint density at radius 2 is 1.95 bits per heavy atom. The Hall–Kier alpha value is -2.35. The van der Waals surface area contributed by atoms with Crippen molar-refractivity contribution in [1.29, 1.82) is 0 Å². The molecule has 0 bridgehead atoms. The summed E-state index contributed by atoms with van der Waals surface area (Å²) in [6, 6.07) is 11.2. The summed E-state index contributed by atoms with van der Waals surface area (Å²) in [6.45, 7) is 3.98. The molecule has 1 aromatic carbocycles. The van der Waals surface area contributed by atoms with E-state index in [0.717, 1.165) is 11.1 Å². The highest BCUT2D eigenvalue weighted by Crippen LogP contribution is 2.21. The van der Waals surface area contributed by atoms with Crippen molar-refractivity contribution in [3.63, 3.8) is 0 Å². The van der Waals surface area contributed by atoms with Gasteiger partial charge in [-0.05, 0) is 19.1 Å². The summed E-state index contributed by atoms with van der Waals surface area (Å²) >= 11 is 0. The van der Waals surface area contributed by atoms with Crippen LogP contribution in [0.2, 0.25) is 0 Å². The molecular weight excluding hydrogens is 248 g/mol. The van der Waals surface area contributed by atoms with E-state index in [1.54, 1.807) is 12.5 Å². The molecule has 2 aromatic rings. The van der Waals surface area contributed by atoms with Crippen LogP contribution in [0, 0.1) is 5.92 Å². The van der Waals surface area contributed by atoms with Crippen LogP contribution in [0.25, 0.3) is 6.08 Å². The molecule has 2 heteroatoms. The maximum Gasteiger partial charge on any atom is 0.189 e. The highest BCUT2D eigenvalue weighted by molar-refractivity contribution is 6.11. The Bertz CT molecular complexity index is 604. The standard InChI is InChI=1S/C18H18O2/c1-3-7-14(2)17(12-15-10-11-20-13-15)18(19)16-8-5-4-6-9-16/h3-14H,1-2H3. The minimum atomic E-state index is 0.0531. The van der Waals surface area contributed by atoms with Crippen LogP contribution in [-0.2, 0) is 0 Å². The van der Waals surface area contributed by atoms with Gasteiger partial charge in [0.05, 0.1) is 12.5 Å². The summed E-state index contributed by atoms with van der Waals surface area (Å²) in [5.74, 6) is 0.111. The maximum absolute atomic E-state index is 12.7. The lowest BCUT2D eigenvalue weighted by Crippen LogP contribution is -2.09. The lowest BCUT2D eigenvalue weighted by molar-refractivity contribution is 0.102. The Labute approximate surface area is 119 Å². The number of carbonyl (C=O) groups is 1. The normalized spacial score (nSPS) is 13.6. The van der Waals surface area contributed by atoms with Crippen LogP contribution in [0.15, 0.2) is 71.1 Å². The van der Waals surface area contributed by atoms with Crippen LogP contribution in [-0.4, -0.2) is 5.78 Å². The average Bonchev–Trinajstić information content (AvgIpc) is 2.98. The third kappa shape index (κ3) is 3.35. The fraction of sp³-hybridized carbons (Fsp3) is 0.167. The van der Waals surface area contributed by atoms with Gasteiger partial charge in [0.25, 0.3) is 0 Å². The van der Waals surface area contributed by atoms with Crippen molar-refractivity contribution in [2.24, 2.45) is 5.92 Å². The second-order valence-electron chi connectivity index (χ2n) is 4.67. The van der Waals surface area contributed by atoms with Gasteiger partial charge in [-0.3, -0.25) is 4.79 Å². The van der Waals surface area contributed by atoms with Crippen molar-refractivity contribution in [3.05, 3.63) is 77.8 Å². The molecule has 0 aliphatic rings. The molecule has 0 spiro atoms. The van der Waals surface area contributed by atoms with Crippen molar-refractivity contribution in [1.82, 2.24) is 0 Å². The molecule has 102 valence electrons. The summed E-state index contributed by atoms with van der Waals surface area (Å²) in [4.78, 5) is 12.7. The number of furan rings is 1. The molecule has 0 N–H and O–H groups in total. The van der Waals surface area contributed by atoms with E-state index >= 15 is 0 Å². The molecule has 20 heavy (non-hydrogen) atoms. The first-order valence-corrected chi connectivity index (χ1v) is 6.68. The summed E-state index contributed by atoms with van der Waals surface area (Å²) < 4.78 is 5.07. The first-order chi connectivity index (χ1) is 9.72. The van der Waals surface area contributed by atoms with Crippen molar-refractivity contribution >= 4 is 11.9 Å². The Balaban J connectivity index is 2.39. The summed E-state index contributed by atoms with van der Waals surface area (Å²) in [7, 11) is 0.